The van der Waals surface area contributed by atoms with Crippen LogP contribution in [0.3, 0.4) is 0 Å². The molecule has 1 aliphatic rings. The number of nitriles is 1. The van der Waals surface area contributed by atoms with Gasteiger partial charge in [0.05, 0.1) is 6.33 Å². The normalized spacial score (nSPS) is 19.9. The molecule has 6 heteroatoms. The van der Waals surface area contributed by atoms with Crippen LogP contribution >= 0.6 is 0 Å². The van der Waals surface area contributed by atoms with E-state index in [0.29, 0.717) is 17.8 Å². The molecule has 1 heterocycles. The highest BCUT2D eigenvalue weighted by molar-refractivity contribution is 5.81. The lowest BCUT2D eigenvalue weighted by molar-refractivity contribution is 0.548. The number of H-pyrrole nitrogens is 1. The van der Waals surface area contributed by atoms with Crippen LogP contribution in [0.1, 0.15) is 42.9 Å². The molecule has 136 valence electrons. The first-order valence-electron chi connectivity index (χ1n) is 9.30. The molecule has 3 N–H and O–H groups in total. The minimum Gasteiger partial charge on any atom is -0.356 e. The van der Waals surface area contributed by atoms with Crippen LogP contribution < -0.4 is 10.6 Å². The van der Waals surface area contributed by atoms with E-state index in [1.807, 2.05) is 18.5 Å². The molecule has 2 atom stereocenters. The Morgan fingerprint density at radius 1 is 1.31 bits per heavy atom. The van der Waals surface area contributed by atoms with Crippen LogP contribution in [0.5, 0.6) is 0 Å². The van der Waals surface area contributed by atoms with Gasteiger partial charge in [0.15, 0.2) is 6.19 Å². The van der Waals surface area contributed by atoms with E-state index in [9.17, 15) is 0 Å². The molecule has 1 fully saturated rings. The van der Waals surface area contributed by atoms with E-state index < -0.39 is 0 Å². The number of hydrogen-bond donors (Lipinski definition) is 3. The molecule has 26 heavy (non-hydrogen) atoms. The number of aliphatic imine (C=N–C) groups is 1. The Morgan fingerprint density at radius 3 is 2.96 bits per heavy atom. The number of aromatic amines is 1. The van der Waals surface area contributed by atoms with Crippen LogP contribution in [-0.2, 0) is 6.42 Å². The van der Waals surface area contributed by atoms with E-state index in [0.717, 1.165) is 32.4 Å². The predicted octanol–water partition coefficient (Wildman–Crippen LogP) is 2.94. The van der Waals surface area contributed by atoms with Crippen molar-refractivity contribution in [2.75, 3.05) is 13.1 Å². The third-order valence-electron chi connectivity index (χ3n) is 4.96. The molecule has 0 radical (unpaired) electrons. The Labute approximate surface area is 154 Å². The fourth-order valence-corrected chi connectivity index (χ4v) is 3.57. The molecule has 1 aromatic carbocycles. The van der Waals surface area contributed by atoms with Crippen LogP contribution in [0, 0.1) is 17.4 Å². The summed E-state index contributed by atoms with van der Waals surface area (Å²) in [5.41, 5.74) is 2.56. The van der Waals surface area contributed by atoms with Gasteiger partial charge in [-0.25, -0.2) is 4.98 Å². The number of benzene rings is 1. The zero-order valence-corrected chi connectivity index (χ0v) is 15.0. The van der Waals surface area contributed by atoms with Gasteiger partial charge in [-0.15, -0.1) is 0 Å². The second kappa shape index (κ2) is 9.62. The number of nitrogens with zero attached hydrogens (tertiary/aromatic N) is 3. The number of aryl methyl sites for hydroxylation is 1. The highest BCUT2D eigenvalue weighted by atomic mass is 15.2. The fraction of sp³-hybridized carbons (Fsp3) is 0.450. The molecular weight excluding hydrogens is 324 g/mol. The maximum Gasteiger partial charge on any atom is 0.204 e. The topological polar surface area (TPSA) is 88.9 Å². The minimum atomic E-state index is 0.559. The van der Waals surface area contributed by atoms with E-state index in [4.69, 9.17) is 5.26 Å². The maximum absolute atomic E-state index is 8.94. The Bertz CT molecular complexity index is 717. The van der Waals surface area contributed by atoms with Crippen LogP contribution in [-0.4, -0.2) is 29.0 Å². The molecule has 0 amide bonds. The van der Waals surface area contributed by atoms with Gasteiger partial charge in [-0.2, -0.15) is 5.26 Å². The van der Waals surface area contributed by atoms with E-state index in [1.165, 1.54) is 24.1 Å². The molecule has 0 saturated heterocycles. The predicted molar refractivity (Wildman–Crippen MR) is 102 cm³/mol. The molecule has 6 nitrogen and oxygen atoms in total. The van der Waals surface area contributed by atoms with Crippen molar-refractivity contribution in [3.8, 4) is 6.19 Å². The SMILES string of the molecule is N#CNC(=NC[C@@H]1CC[C@H](c2cnc[nH]2)C1)NCCCc1ccccc1. The summed E-state index contributed by atoms with van der Waals surface area (Å²) in [5, 5.41) is 14.9. The van der Waals surface area contributed by atoms with Crippen molar-refractivity contribution in [3.63, 3.8) is 0 Å². The average Bonchev–Trinajstić information content (AvgIpc) is 3.35. The van der Waals surface area contributed by atoms with Crippen molar-refractivity contribution in [1.82, 2.24) is 20.6 Å². The van der Waals surface area contributed by atoms with E-state index in [-0.39, 0.29) is 0 Å². The Morgan fingerprint density at radius 2 is 2.19 bits per heavy atom. The second-order valence-electron chi connectivity index (χ2n) is 6.82. The van der Waals surface area contributed by atoms with Crippen molar-refractivity contribution in [1.29, 1.82) is 5.26 Å². The molecule has 0 aliphatic heterocycles. The van der Waals surface area contributed by atoms with Crippen molar-refractivity contribution in [2.45, 2.75) is 38.0 Å². The summed E-state index contributed by atoms with van der Waals surface area (Å²) >= 11 is 0. The molecule has 1 aromatic heterocycles. The number of nitrogens with one attached hydrogen (secondary N) is 3. The van der Waals surface area contributed by atoms with Crippen LogP contribution in [0.15, 0.2) is 47.8 Å². The first-order chi connectivity index (χ1) is 12.8. The summed E-state index contributed by atoms with van der Waals surface area (Å²) in [6.07, 6.45) is 11.1. The van der Waals surface area contributed by atoms with E-state index >= 15 is 0 Å². The number of aromatic nitrogens is 2. The van der Waals surface area contributed by atoms with Gasteiger partial charge >= 0.3 is 0 Å². The lowest BCUT2D eigenvalue weighted by Gasteiger charge is -2.11. The average molecular weight is 350 g/mol. The molecule has 0 spiro atoms. The van der Waals surface area contributed by atoms with Gasteiger partial charge in [0, 0.05) is 30.9 Å². The first-order valence-corrected chi connectivity index (χ1v) is 9.30. The summed E-state index contributed by atoms with van der Waals surface area (Å²) in [4.78, 5) is 11.9. The summed E-state index contributed by atoms with van der Waals surface area (Å²) in [7, 11) is 0. The van der Waals surface area contributed by atoms with Crippen molar-refractivity contribution in [3.05, 3.63) is 54.1 Å². The summed E-state index contributed by atoms with van der Waals surface area (Å²) in [6, 6.07) is 10.4. The Kier molecular flexibility index (Phi) is 6.66. The van der Waals surface area contributed by atoms with E-state index in [2.05, 4.69) is 49.9 Å². The van der Waals surface area contributed by atoms with Crippen molar-refractivity contribution in [2.24, 2.45) is 10.9 Å². The lowest BCUT2D eigenvalue weighted by atomic mass is 10.0. The summed E-state index contributed by atoms with van der Waals surface area (Å²) < 4.78 is 0. The molecule has 3 rings (SSSR count). The van der Waals surface area contributed by atoms with Crippen molar-refractivity contribution >= 4 is 5.96 Å². The molecule has 1 aliphatic carbocycles. The van der Waals surface area contributed by atoms with Crippen molar-refractivity contribution < 1.29 is 0 Å². The highest BCUT2D eigenvalue weighted by Gasteiger charge is 2.26. The minimum absolute atomic E-state index is 0.559. The fourth-order valence-electron chi connectivity index (χ4n) is 3.57. The second-order valence-corrected chi connectivity index (χ2v) is 6.82. The molecular formula is C20H26N6. The third kappa shape index (κ3) is 5.35. The Hall–Kier alpha value is -2.81. The van der Waals surface area contributed by atoms with Crippen LogP contribution in [0.2, 0.25) is 0 Å². The van der Waals surface area contributed by atoms with E-state index in [1.54, 1.807) is 6.33 Å². The highest BCUT2D eigenvalue weighted by Crippen LogP contribution is 2.37. The summed E-state index contributed by atoms with van der Waals surface area (Å²) in [5.74, 6) is 1.71. The van der Waals surface area contributed by atoms with Gasteiger partial charge < -0.3 is 10.3 Å². The van der Waals surface area contributed by atoms with Gasteiger partial charge in [-0.3, -0.25) is 10.3 Å². The number of imidazole rings is 1. The molecule has 2 aromatic rings. The third-order valence-corrected chi connectivity index (χ3v) is 4.96. The smallest absolute Gasteiger partial charge is 0.204 e. The quantitative estimate of drug-likeness (QED) is 0.235. The largest absolute Gasteiger partial charge is 0.356 e. The first kappa shape index (κ1) is 18.0. The Balaban J connectivity index is 1.41. The van der Waals surface area contributed by atoms with Gasteiger partial charge in [0.2, 0.25) is 5.96 Å². The number of rotatable bonds is 7. The maximum atomic E-state index is 8.94. The molecule has 0 bridgehead atoms. The monoisotopic (exact) mass is 350 g/mol. The standard InChI is InChI=1S/C20H26N6/c21-14-25-20(23-10-4-7-16-5-2-1-3-6-16)24-12-17-8-9-18(11-17)19-13-22-15-26-19/h1-3,5-6,13,15,17-18H,4,7-12H2,(H,22,26)(H2,23,24,25)/t17-,18+/m1/s1. The van der Waals surface area contributed by atoms with Gasteiger partial charge in [0.25, 0.3) is 0 Å². The lowest BCUT2D eigenvalue weighted by Crippen LogP contribution is -2.35. The van der Waals surface area contributed by atoms with Gasteiger partial charge in [-0.05, 0) is 43.6 Å². The summed E-state index contributed by atoms with van der Waals surface area (Å²) in [6.45, 7) is 1.55. The molecule has 0 unspecified atom stereocenters. The van der Waals surface area contributed by atoms with Gasteiger partial charge in [0.1, 0.15) is 0 Å². The van der Waals surface area contributed by atoms with Gasteiger partial charge in [-0.1, -0.05) is 30.3 Å². The van der Waals surface area contributed by atoms with Crippen LogP contribution in [0.25, 0.3) is 0 Å². The zero-order chi connectivity index (χ0) is 18.0. The zero-order valence-electron chi connectivity index (χ0n) is 15.0. The number of guanidine groups is 1. The molecule has 1 saturated carbocycles. The number of hydrogen-bond acceptors (Lipinski definition) is 3. The van der Waals surface area contributed by atoms with Crippen LogP contribution in [0.4, 0.5) is 0 Å².